The van der Waals surface area contributed by atoms with E-state index in [1.807, 2.05) is 42.3 Å². The summed E-state index contributed by atoms with van der Waals surface area (Å²) in [4.78, 5) is 1.86. The molecule has 2 aromatic rings. The Morgan fingerprint density at radius 1 is 1.06 bits per heavy atom. The van der Waals surface area contributed by atoms with Crippen molar-refractivity contribution < 1.29 is 4.39 Å². The molecule has 0 radical (unpaired) electrons. The highest BCUT2D eigenvalue weighted by Gasteiger charge is 2.06. The maximum absolute atomic E-state index is 13.1. The summed E-state index contributed by atoms with van der Waals surface area (Å²) in [5, 5.41) is 0. The number of benzene rings is 2. The molecule has 16 heavy (non-hydrogen) atoms. The van der Waals surface area contributed by atoms with Crippen molar-refractivity contribution in [3.05, 3.63) is 54.3 Å². The zero-order valence-electron chi connectivity index (χ0n) is 9.02. The van der Waals surface area contributed by atoms with Gasteiger partial charge in [0.15, 0.2) is 0 Å². The fraction of sp³-hybridized carbons (Fsp3) is 0.0769. The molecule has 0 saturated heterocycles. The van der Waals surface area contributed by atoms with E-state index in [4.69, 9.17) is 5.73 Å². The average Bonchev–Trinajstić information content (AvgIpc) is 2.29. The second-order valence-corrected chi connectivity index (χ2v) is 3.60. The lowest BCUT2D eigenvalue weighted by molar-refractivity contribution is 0.628. The Morgan fingerprint density at radius 2 is 1.81 bits per heavy atom. The predicted molar refractivity (Wildman–Crippen MR) is 65.3 cm³/mol. The van der Waals surface area contributed by atoms with Gasteiger partial charge in [-0.05, 0) is 30.3 Å². The van der Waals surface area contributed by atoms with Crippen LogP contribution in [0.4, 0.5) is 21.5 Å². The minimum Gasteiger partial charge on any atom is -0.397 e. The van der Waals surface area contributed by atoms with Crippen LogP contribution >= 0.6 is 0 Å². The Bertz CT molecular complexity index is 497. The van der Waals surface area contributed by atoms with Crippen molar-refractivity contribution in [3.63, 3.8) is 0 Å². The summed E-state index contributed by atoms with van der Waals surface area (Å²) in [6.07, 6.45) is 0. The van der Waals surface area contributed by atoms with Crippen LogP contribution in [0.15, 0.2) is 48.5 Å². The van der Waals surface area contributed by atoms with Gasteiger partial charge >= 0.3 is 0 Å². The number of halogens is 1. The van der Waals surface area contributed by atoms with E-state index in [1.165, 1.54) is 12.1 Å². The third-order valence-electron chi connectivity index (χ3n) is 2.49. The monoisotopic (exact) mass is 216 g/mol. The highest BCUT2D eigenvalue weighted by Crippen LogP contribution is 2.28. The fourth-order valence-electron chi connectivity index (χ4n) is 1.62. The van der Waals surface area contributed by atoms with E-state index in [9.17, 15) is 4.39 Å². The van der Waals surface area contributed by atoms with Gasteiger partial charge in [0.05, 0.1) is 11.4 Å². The molecule has 0 aliphatic rings. The highest BCUT2D eigenvalue weighted by molar-refractivity contribution is 5.74. The molecule has 0 atom stereocenters. The molecule has 0 saturated carbocycles. The van der Waals surface area contributed by atoms with Gasteiger partial charge in [-0.3, -0.25) is 0 Å². The highest BCUT2D eigenvalue weighted by atomic mass is 19.1. The smallest absolute Gasteiger partial charge is 0.125 e. The van der Waals surface area contributed by atoms with Crippen LogP contribution < -0.4 is 10.6 Å². The number of para-hydroxylation sites is 2. The van der Waals surface area contributed by atoms with Crippen molar-refractivity contribution in [1.82, 2.24) is 0 Å². The van der Waals surface area contributed by atoms with Crippen LogP contribution in [0.1, 0.15) is 0 Å². The van der Waals surface area contributed by atoms with Gasteiger partial charge in [0.1, 0.15) is 5.82 Å². The van der Waals surface area contributed by atoms with E-state index < -0.39 is 0 Å². The van der Waals surface area contributed by atoms with Gasteiger partial charge in [-0.25, -0.2) is 4.39 Å². The minimum absolute atomic E-state index is 0.251. The molecule has 2 nitrogen and oxygen atoms in total. The predicted octanol–water partition coefficient (Wildman–Crippen LogP) is 3.18. The van der Waals surface area contributed by atoms with Crippen LogP contribution in [0.3, 0.4) is 0 Å². The standard InChI is InChI=1S/C13H13FN2/c1-16(11-6-4-5-10(14)9-11)13-8-3-2-7-12(13)15/h2-9H,15H2,1H3. The number of anilines is 3. The molecule has 0 aromatic heterocycles. The van der Waals surface area contributed by atoms with Crippen molar-refractivity contribution in [2.24, 2.45) is 0 Å². The number of rotatable bonds is 2. The molecule has 0 bridgehead atoms. The molecule has 0 spiro atoms. The first-order valence-electron chi connectivity index (χ1n) is 5.02. The third kappa shape index (κ3) is 1.98. The number of nitrogen functional groups attached to an aromatic ring is 1. The van der Waals surface area contributed by atoms with E-state index in [0.29, 0.717) is 5.69 Å². The van der Waals surface area contributed by atoms with Gasteiger partial charge in [-0.1, -0.05) is 18.2 Å². The van der Waals surface area contributed by atoms with Gasteiger partial charge < -0.3 is 10.6 Å². The SMILES string of the molecule is CN(c1cccc(F)c1)c1ccccc1N. The quantitative estimate of drug-likeness (QED) is 0.781. The molecule has 82 valence electrons. The molecule has 0 fully saturated rings. The van der Waals surface area contributed by atoms with Crippen LogP contribution in [0.2, 0.25) is 0 Å². The second-order valence-electron chi connectivity index (χ2n) is 3.60. The summed E-state index contributed by atoms with van der Waals surface area (Å²) in [5.74, 6) is -0.251. The van der Waals surface area contributed by atoms with Gasteiger partial charge in [-0.2, -0.15) is 0 Å². The molecule has 3 heteroatoms. The van der Waals surface area contributed by atoms with E-state index in [2.05, 4.69) is 0 Å². The van der Waals surface area contributed by atoms with Crippen LogP contribution in [0, 0.1) is 5.82 Å². The molecule has 2 rings (SSSR count). The number of hydrogen-bond donors (Lipinski definition) is 1. The molecular formula is C13H13FN2. The lowest BCUT2D eigenvalue weighted by Crippen LogP contribution is -2.11. The molecule has 2 N–H and O–H groups in total. The lowest BCUT2D eigenvalue weighted by atomic mass is 10.2. The number of nitrogens with two attached hydrogens (primary N) is 1. The van der Waals surface area contributed by atoms with E-state index >= 15 is 0 Å². The lowest BCUT2D eigenvalue weighted by Gasteiger charge is -2.21. The Hall–Kier alpha value is -2.03. The number of nitrogens with zero attached hydrogens (tertiary/aromatic N) is 1. The topological polar surface area (TPSA) is 29.3 Å². The van der Waals surface area contributed by atoms with Crippen molar-refractivity contribution in [3.8, 4) is 0 Å². The summed E-state index contributed by atoms with van der Waals surface area (Å²) >= 11 is 0. The molecular weight excluding hydrogens is 203 g/mol. The minimum atomic E-state index is -0.251. The average molecular weight is 216 g/mol. The van der Waals surface area contributed by atoms with Gasteiger partial charge in [0, 0.05) is 12.7 Å². The number of hydrogen-bond acceptors (Lipinski definition) is 2. The van der Waals surface area contributed by atoms with E-state index in [1.54, 1.807) is 6.07 Å². The second kappa shape index (κ2) is 4.23. The van der Waals surface area contributed by atoms with Gasteiger partial charge in [-0.15, -0.1) is 0 Å². The van der Waals surface area contributed by atoms with Gasteiger partial charge in [0.2, 0.25) is 0 Å². The molecule has 0 amide bonds. The summed E-state index contributed by atoms with van der Waals surface area (Å²) < 4.78 is 13.1. The largest absolute Gasteiger partial charge is 0.397 e. The first-order valence-corrected chi connectivity index (χ1v) is 5.02. The Morgan fingerprint density at radius 3 is 2.50 bits per heavy atom. The normalized spacial score (nSPS) is 10.1. The maximum atomic E-state index is 13.1. The van der Waals surface area contributed by atoms with Crippen LogP contribution in [0.5, 0.6) is 0 Å². The van der Waals surface area contributed by atoms with E-state index in [0.717, 1.165) is 11.4 Å². The summed E-state index contributed by atoms with van der Waals surface area (Å²) in [5.41, 5.74) is 8.18. The Kier molecular flexibility index (Phi) is 2.77. The Balaban J connectivity index is 2.39. The summed E-state index contributed by atoms with van der Waals surface area (Å²) in [6.45, 7) is 0. The van der Waals surface area contributed by atoms with Crippen LogP contribution in [-0.2, 0) is 0 Å². The zero-order chi connectivity index (χ0) is 11.5. The first kappa shape index (κ1) is 10.5. The zero-order valence-corrected chi connectivity index (χ0v) is 9.02. The van der Waals surface area contributed by atoms with E-state index in [-0.39, 0.29) is 5.82 Å². The molecule has 0 aliphatic carbocycles. The third-order valence-corrected chi connectivity index (χ3v) is 2.49. The summed E-state index contributed by atoms with van der Waals surface area (Å²) in [6, 6.07) is 13.9. The molecule has 0 unspecified atom stereocenters. The summed E-state index contributed by atoms with van der Waals surface area (Å²) in [7, 11) is 1.86. The Labute approximate surface area is 94.1 Å². The fourth-order valence-corrected chi connectivity index (χ4v) is 1.62. The molecule has 2 aromatic carbocycles. The maximum Gasteiger partial charge on any atom is 0.125 e. The van der Waals surface area contributed by atoms with Gasteiger partial charge in [0.25, 0.3) is 0 Å². The van der Waals surface area contributed by atoms with Crippen molar-refractivity contribution in [2.75, 3.05) is 17.7 Å². The van der Waals surface area contributed by atoms with Crippen LogP contribution in [0.25, 0.3) is 0 Å². The van der Waals surface area contributed by atoms with Crippen molar-refractivity contribution in [1.29, 1.82) is 0 Å². The van der Waals surface area contributed by atoms with Crippen molar-refractivity contribution in [2.45, 2.75) is 0 Å². The van der Waals surface area contributed by atoms with Crippen molar-refractivity contribution >= 4 is 17.1 Å². The molecule has 0 aliphatic heterocycles. The van der Waals surface area contributed by atoms with Crippen LogP contribution in [-0.4, -0.2) is 7.05 Å². The first-order chi connectivity index (χ1) is 7.68. The molecule has 0 heterocycles.